The largest absolute Gasteiger partial charge is 0.339 e. The Morgan fingerprint density at radius 3 is 2.32 bits per heavy atom. The third-order valence-corrected chi connectivity index (χ3v) is 5.00. The molecule has 3 rings (SSSR count). The molecule has 4 nitrogen and oxygen atoms in total. The van der Waals surface area contributed by atoms with E-state index in [1.165, 1.54) is 18.4 Å². The van der Waals surface area contributed by atoms with Crippen LogP contribution in [-0.4, -0.2) is 66.4 Å². The summed E-state index contributed by atoms with van der Waals surface area (Å²) in [4.78, 5) is 19.0. The van der Waals surface area contributed by atoms with Crippen LogP contribution in [0, 0.1) is 0 Å². The Balaban J connectivity index is 1.45. The van der Waals surface area contributed by atoms with Crippen molar-refractivity contribution in [1.82, 2.24) is 14.7 Å². The molecular weight excluding hydrogens is 298 g/mol. The molecule has 2 fully saturated rings. The Morgan fingerprint density at radius 1 is 0.955 bits per heavy atom. The van der Waals surface area contributed by atoms with Crippen molar-refractivity contribution >= 4 is 17.5 Å². The first-order valence-corrected chi connectivity index (χ1v) is 8.56. The summed E-state index contributed by atoms with van der Waals surface area (Å²) in [5.74, 6) is 0.291. The highest BCUT2D eigenvalue weighted by Crippen LogP contribution is 2.18. The predicted molar refractivity (Wildman–Crippen MR) is 89.0 cm³/mol. The molecule has 0 aromatic heterocycles. The molecule has 0 bridgehead atoms. The highest BCUT2D eigenvalue weighted by atomic mass is 35.5. The minimum Gasteiger partial charge on any atom is -0.339 e. The van der Waals surface area contributed by atoms with Gasteiger partial charge in [0.15, 0.2) is 0 Å². The standard InChI is InChI=1S/C17H24ClN3O/c18-16-6-2-1-5-15(16)13-20-9-11-21(12-10-20)17(22)14-19-7-3-4-8-19/h1-2,5-6H,3-4,7-14H2. The summed E-state index contributed by atoms with van der Waals surface area (Å²) >= 11 is 6.22. The summed E-state index contributed by atoms with van der Waals surface area (Å²) in [6.45, 7) is 7.15. The number of likely N-dealkylation sites (tertiary alicyclic amines) is 1. The third-order valence-electron chi connectivity index (χ3n) is 4.63. The second-order valence-corrected chi connectivity index (χ2v) is 6.64. The molecule has 0 unspecified atom stereocenters. The van der Waals surface area contributed by atoms with Crippen LogP contribution in [0.25, 0.3) is 0 Å². The van der Waals surface area contributed by atoms with Crippen molar-refractivity contribution in [2.75, 3.05) is 45.8 Å². The topological polar surface area (TPSA) is 26.8 Å². The molecule has 1 aromatic carbocycles. The number of hydrogen-bond acceptors (Lipinski definition) is 3. The first-order chi connectivity index (χ1) is 10.7. The van der Waals surface area contributed by atoms with E-state index in [0.717, 1.165) is 50.8 Å². The average Bonchev–Trinajstić information content (AvgIpc) is 3.03. The number of amides is 1. The summed E-state index contributed by atoms with van der Waals surface area (Å²) in [5, 5.41) is 0.829. The summed E-state index contributed by atoms with van der Waals surface area (Å²) in [7, 11) is 0. The van der Waals surface area contributed by atoms with Crippen molar-refractivity contribution in [3.05, 3.63) is 34.9 Å². The van der Waals surface area contributed by atoms with Crippen molar-refractivity contribution in [3.8, 4) is 0 Å². The van der Waals surface area contributed by atoms with Crippen LogP contribution in [0.15, 0.2) is 24.3 Å². The zero-order chi connectivity index (χ0) is 15.4. The first-order valence-electron chi connectivity index (χ1n) is 8.18. The lowest BCUT2D eigenvalue weighted by Crippen LogP contribution is -2.50. The van der Waals surface area contributed by atoms with Crippen molar-refractivity contribution in [2.45, 2.75) is 19.4 Å². The molecule has 5 heteroatoms. The molecule has 2 aliphatic rings. The molecule has 22 heavy (non-hydrogen) atoms. The normalized spacial score (nSPS) is 20.5. The third kappa shape index (κ3) is 4.00. The number of carbonyl (C=O) groups is 1. The molecule has 0 atom stereocenters. The fourth-order valence-electron chi connectivity index (χ4n) is 3.25. The summed E-state index contributed by atoms with van der Waals surface area (Å²) < 4.78 is 0. The maximum absolute atomic E-state index is 12.3. The summed E-state index contributed by atoms with van der Waals surface area (Å²) in [6.07, 6.45) is 2.47. The minimum absolute atomic E-state index is 0.291. The van der Waals surface area contributed by atoms with Crippen LogP contribution < -0.4 is 0 Å². The summed E-state index contributed by atoms with van der Waals surface area (Å²) in [6, 6.07) is 8.00. The Bertz CT molecular complexity index is 508. The van der Waals surface area contributed by atoms with Crippen molar-refractivity contribution < 1.29 is 4.79 Å². The highest BCUT2D eigenvalue weighted by Gasteiger charge is 2.23. The van der Waals surface area contributed by atoms with E-state index in [0.29, 0.717) is 12.5 Å². The number of benzene rings is 1. The molecule has 0 radical (unpaired) electrons. The quantitative estimate of drug-likeness (QED) is 0.849. The van der Waals surface area contributed by atoms with E-state index in [-0.39, 0.29) is 0 Å². The molecule has 1 amide bonds. The van der Waals surface area contributed by atoms with Crippen molar-refractivity contribution in [1.29, 1.82) is 0 Å². The maximum atomic E-state index is 12.3. The number of piperazine rings is 1. The Labute approximate surface area is 137 Å². The molecule has 0 N–H and O–H groups in total. The molecule has 2 heterocycles. The lowest BCUT2D eigenvalue weighted by atomic mass is 10.2. The van der Waals surface area contributed by atoms with E-state index in [9.17, 15) is 4.79 Å². The van der Waals surface area contributed by atoms with Gasteiger partial charge in [-0.25, -0.2) is 0 Å². The lowest BCUT2D eigenvalue weighted by molar-refractivity contribution is -0.134. The zero-order valence-electron chi connectivity index (χ0n) is 13.0. The second kappa shape index (κ2) is 7.44. The van der Waals surface area contributed by atoms with Gasteiger partial charge in [0.2, 0.25) is 5.91 Å². The lowest BCUT2D eigenvalue weighted by Gasteiger charge is -2.35. The van der Waals surface area contributed by atoms with E-state index in [1.807, 2.05) is 23.1 Å². The monoisotopic (exact) mass is 321 g/mol. The van der Waals surface area contributed by atoms with Gasteiger partial charge in [0.25, 0.3) is 0 Å². The number of nitrogens with zero attached hydrogens (tertiary/aromatic N) is 3. The van der Waals surface area contributed by atoms with Gasteiger partial charge in [-0.05, 0) is 37.6 Å². The number of carbonyl (C=O) groups excluding carboxylic acids is 1. The van der Waals surface area contributed by atoms with Crippen LogP contribution in [0.5, 0.6) is 0 Å². The van der Waals surface area contributed by atoms with E-state index in [4.69, 9.17) is 11.6 Å². The molecule has 2 saturated heterocycles. The van der Waals surface area contributed by atoms with Crippen molar-refractivity contribution in [3.63, 3.8) is 0 Å². The number of halogens is 1. The van der Waals surface area contributed by atoms with Gasteiger partial charge in [-0.1, -0.05) is 29.8 Å². The SMILES string of the molecule is O=C(CN1CCCC1)N1CCN(Cc2ccccc2Cl)CC1. The Kier molecular flexibility index (Phi) is 5.34. The van der Waals surface area contributed by atoms with Crippen LogP contribution in [0.1, 0.15) is 18.4 Å². The maximum Gasteiger partial charge on any atom is 0.236 e. The van der Waals surface area contributed by atoms with Gasteiger partial charge in [-0.2, -0.15) is 0 Å². The van der Waals surface area contributed by atoms with Crippen LogP contribution in [0.2, 0.25) is 5.02 Å². The predicted octanol–water partition coefficient (Wildman–Crippen LogP) is 2.08. The smallest absolute Gasteiger partial charge is 0.236 e. The molecular formula is C17H24ClN3O. The summed E-state index contributed by atoms with van der Waals surface area (Å²) in [5.41, 5.74) is 1.17. The van der Waals surface area contributed by atoms with Gasteiger partial charge in [-0.3, -0.25) is 14.6 Å². The Hall–Kier alpha value is -1.10. The van der Waals surface area contributed by atoms with Crippen LogP contribution in [-0.2, 0) is 11.3 Å². The van der Waals surface area contributed by atoms with Crippen LogP contribution >= 0.6 is 11.6 Å². The van der Waals surface area contributed by atoms with Crippen molar-refractivity contribution in [2.24, 2.45) is 0 Å². The first kappa shape index (κ1) is 15.8. The van der Waals surface area contributed by atoms with Gasteiger partial charge in [0.05, 0.1) is 6.54 Å². The number of rotatable bonds is 4. The van der Waals surface area contributed by atoms with E-state index in [2.05, 4.69) is 15.9 Å². The second-order valence-electron chi connectivity index (χ2n) is 6.23. The fraction of sp³-hybridized carbons (Fsp3) is 0.588. The van der Waals surface area contributed by atoms with Crippen LogP contribution in [0.4, 0.5) is 0 Å². The van der Waals surface area contributed by atoms with E-state index in [1.54, 1.807) is 0 Å². The van der Waals surface area contributed by atoms with Gasteiger partial charge >= 0.3 is 0 Å². The van der Waals surface area contributed by atoms with E-state index >= 15 is 0 Å². The molecule has 2 aliphatic heterocycles. The molecule has 0 aliphatic carbocycles. The highest BCUT2D eigenvalue weighted by molar-refractivity contribution is 6.31. The van der Waals surface area contributed by atoms with Crippen LogP contribution in [0.3, 0.4) is 0 Å². The fourth-order valence-corrected chi connectivity index (χ4v) is 3.45. The average molecular weight is 322 g/mol. The molecule has 1 aromatic rings. The van der Waals surface area contributed by atoms with Gasteiger partial charge in [0, 0.05) is 37.7 Å². The zero-order valence-corrected chi connectivity index (χ0v) is 13.8. The molecule has 0 spiro atoms. The molecule has 0 saturated carbocycles. The van der Waals surface area contributed by atoms with E-state index < -0.39 is 0 Å². The van der Waals surface area contributed by atoms with Gasteiger partial charge < -0.3 is 4.90 Å². The number of hydrogen-bond donors (Lipinski definition) is 0. The van der Waals surface area contributed by atoms with Gasteiger partial charge in [-0.15, -0.1) is 0 Å². The Morgan fingerprint density at radius 2 is 1.64 bits per heavy atom. The minimum atomic E-state index is 0.291. The van der Waals surface area contributed by atoms with Gasteiger partial charge in [0.1, 0.15) is 0 Å². The molecule has 120 valence electrons.